The number of carbonyl (C=O) groups is 1. The summed E-state index contributed by atoms with van der Waals surface area (Å²) >= 11 is 1.79. The quantitative estimate of drug-likeness (QED) is 0.533. The summed E-state index contributed by atoms with van der Waals surface area (Å²) in [5, 5.41) is 9.85. The van der Waals surface area contributed by atoms with Gasteiger partial charge in [-0.2, -0.15) is 5.26 Å². The zero-order chi connectivity index (χ0) is 20.2. The number of piperidine rings is 1. The van der Waals surface area contributed by atoms with Crippen LogP contribution in [0.2, 0.25) is 0 Å². The Kier molecular flexibility index (Phi) is 6.17. The van der Waals surface area contributed by atoms with E-state index in [1.165, 1.54) is 24.0 Å². The maximum atomic E-state index is 11.7. The fourth-order valence-corrected chi connectivity index (χ4v) is 5.09. The van der Waals surface area contributed by atoms with Crippen molar-refractivity contribution in [1.29, 1.82) is 5.26 Å². The van der Waals surface area contributed by atoms with Gasteiger partial charge in [-0.25, -0.2) is 9.78 Å². The number of likely N-dealkylation sites (tertiary alicyclic amines) is 1. The lowest BCUT2D eigenvalue weighted by atomic mass is 9.95. The summed E-state index contributed by atoms with van der Waals surface area (Å²) in [6, 6.07) is 9.90. The lowest BCUT2D eigenvalue weighted by Gasteiger charge is -2.32. The van der Waals surface area contributed by atoms with Crippen molar-refractivity contribution in [2.24, 2.45) is 5.92 Å². The van der Waals surface area contributed by atoms with Crippen molar-refractivity contribution in [1.82, 2.24) is 9.88 Å². The van der Waals surface area contributed by atoms with Gasteiger partial charge in [0.25, 0.3) is 0 Å². The van der Waals surface area contributed by atoms with Crippen LogP contribution in [0.3, 0.4) is 0 Å². The molecule has 0 aliphatic carbocycles. The number of hydrogen-bond donors (Lipinski definition) is 0. The molecule has 0 bridgehead atoms. The van der Waals surface area contributed by atoms with Crippen LogP contribution in [0.4, 0.5) is 0 Å². The van der Waals surface area contributed by atoms with E-state index in [4.69, 9.17) is 10.00 Å². The Morgan fingerprint density at radius 3 is 2.83 bits per heavy atom. The van der Waals surface area contributed by atoms with Crippen molar-refractivity contribution in [3.05, 3.63) is 58.3 Å². The van der Waals surface area contributed by atoms with E-state index in [-0.39, 0.29) is 5.97 Å². The van der Waals surface area contributed by atoms with Crippen LogP contribution >= 0.6 is 11.8 Å². The van der Waals surface area contributed by atoms with Gasteiger partial charge in [-0.05, 0) is 74.5 Å². The van der Waals surface area contributed by atoms with Crippen molar-refractivity contribution >= 4 is 17.7 Å². The SMILES string of the molecule is Cc1c(CCN2CCC(CSc3ccc(C#N)cn3)CC2)ccc2c1COC2=O. The Morgan fingerprint density at radius 1 is 1.28 bits per heavy atom. The van der Waals surface area contributed by atoms with Crippen LogP contribution < -0.4 is 0 Å². The van der Waals surface area contributed by atoms with E-state index in [1.807, 2.05) is 18.2 Å². The van der Waals surface area contributed by atoms with Gasteiger partial charge in [-0.3, -0.25) is 0 Å². The molecule has 0 spiro atoms. The minimum Gasteiger partial charge on any atom is -0.457 e. The standard InChI is InChI=1S/C23H25N3O2S/c1-16-19(3-4-20-21(16)14-28-23(20)27)8-11-26-9-6-17(7-10-26)15-29-22-5-2-18(12-24)13-25-22/h2-5,13,17H,6-11,14-15H2,1H3. The smallest absolute Gasteiger partial charge is 0.338 e. The molecule has 4 rings (SSSR count). The number of ether oxygens (including phenoxy) is 1. The molecule has 0 N–H and O–H groups in total. The molecule has 0 radical (unpaired) electrons. The summed E-state index contributed by atoms with van der Waals surface area (Å²) in [6.07, 6.45) is 5.10. The van der Waals surface area contributed by atoms with Gasteiger partial charge < -0.3 is 9.64 Å². The second-order valence-corrected chi connectivity index (χ2v) is 8.84. The van der Waals surface area contributed by atoms with Gasteiger partial charge in [0.1, 0.15) is 12.7 Å². The third-order valence-electron chi connectivity index (χ3n) is 6.02. The molecule has 1 aromatic carbocycles. The number of nitriles is 1. The Hall–Kier alpha value is -2.36. The van der Waals surface area contributed by atoms with Crippen LogP contribution in [-0.2, 0) is 17.8 Å². The predicted molar refractivity (Wildman–Crippen MR) is 113 cm³/mol. The minimum atomic E-state index is -0.189. The van der Waals surface area contributed by atoms with Gasteiger partial charge >= 0.3 is 5.97 Å². The van der Waals surface area contributed by atoms with Crippen LogP contribution in [0.1, 0.15) is 45.5 Å². The van der Waals surface area contributed by atoms with E-state index < -0.39 is 0 Å². The van der Waals surface area contributed by atoms with Crippen LogP contribution in [0.5, 0.6) is 0 Å². The number of rotatable bonds is 6. The molecule has 5 nitrogen and oxygen atoms in total. The molecule has 3 heterocycles. The van der Waals surface area contributed by atoms with Crippen LogP contribution in [0.15, 0.2) is 35.5 Å². The average Bonchev–Trinajstić information content (AvgIpc) is 3.14. The number of benzene rings is 1. The first-order valence-corrected chi connectivity index (χ1v) is 11.1. The van der Waals surface area contributed by atoms with Crippen molar-refractivity contribution in [2.75, 3.05) is 25.4 Å². The van der Waals surface area contributed by atoms with Crippen LogP contribution in [0, 0.1) is 24.2 Å². The maximum absolute atomic E-state index is 11.7. The third kappa shape index (κ3) is 4.63. The summed E-state index contributed by atoms with van der Waals surface area (Å²) < 4.78 is 5.16. The normalized spacial score (nSPS) is 17.0. The van der Waals surface area contributed by atoms with Crippen molar-refractivity contribution in [3.8, 4) is 6.07 Å². The first-order valence-electron chi connectivity index (χ1n) is 10.1. The van der Waals surface area contributed by atoms with Crippen molar-refractivity contribution in [3.63, 3.8) is 0 Å². The summed E-state index contributed by atoms with van der Waals surface area (Å²) in [5.74, 6) is 1.62. The summed E-state index contributed by atoms with van der Waals surface area (Å²) in [6.45, 7) is 5.86. The van der Waals surface area contributed by atoms with E-state index in [9.17, 15) is 4.79 Å². The highest BCUT2D eigenvalue weighted by Crippen LogP contribution is 2.28. The topological polar surface area (TPSA) is 66.2 Å². The molecular formula is C23H25N3O2S. The minimum absolute atomic E-state index is 0.189. The zero-order valence-electron chi connectivity index (χ0n) is 16.7. The molecule has 29 heavy (non-hydrogen) atoms. The van der Waals surface area contributed by atoms with Crippen molar-refractivity contribution < 1.29 is 9.53 Å². The van der Waals surface area contributed by atoms with E-state index in [0.29, 0.717) is 12.2 Å². The Labute approximate surface area is 176 Å². The molecule has 0 amide bonds. The number of nitrogens with zero attached hydrogens (tertiary/aromatic N) is 3. The summed E-state index contributed by atoms with van der Waals surface area (Å²) in [4.78, 5) is 18.6. The van der Waals surface area contributed by atoms with E-state index >= 15 is 0 Å². The first kappa shape index (κ1) is 19.9. The number of pyridine rings is 1. The highest BCUT2D eigenvalue weighted by Gasteiger charge is 2.24. The molecule has 2 aliphatic heterocycles. The molecule has 0 atom stereocenters. The highest BCUT2D eigenvalue weighted by molar-refractivity contribution is 7.99. The second kappa shape index (κ2) is 8.98. The number of aromatic nitrogens is 1. The largest absolute Gasteiger partial charge is 0.457 e. The van der Waals surface area contributed by atoms with Crippen LogP contribution in [-0.4, -0.2) is 41.2 Å². The van der Waals surface area contributed by atoms with Crippen LogP contribution in [0.25, 0.3) is 0 Å². The molecule has 1 fully saturated rings. The Morgan fingerprint density at radius 2 is 2.10 bits per heavy atom. The average molecular weight is 408 g/mol. The Bertz CT molecular complexity index is 928. The molecule has 6 heteroatoms. The molecule has 1 saturated heterocycles. The molecule has 1 aromatic heterocycles. The Balaban J connectivity index is 1.22. The summed E-state index contributed by atoms with van der Waals surface area (Å²) in [7, 11) is 0. The van der Waals surface area contributed by atoms with Gasteiger partial charge in [-0.1, -0.05) is 6.07 Å². The maximum Gasteiger partial charge on any atom is 0.338 e. The van der Waals surface area contributed by atoms with E-state index in [0.717, 1.165) is 53.9 Å². The van der Waals surface area contributed by atoms with E-state index in [2.05, 4.69) is 28.9 Å². The summed E-state index contributed by atoms with van der Waals surface area (Å²) in [5.41, 5.74) is 4.96. The van der Waals surface area contributed by atoms with E-state index in [1.54, 1.807) is 18.0 Å². The number of esters is 1. The zero-order valence-corrected chi connectivity index (χ0v) is 17.5. The number of fused-ring (bicyclic) bond motifs is 1. The lowest BCUT2D eigenvalue weighted by Crippen LogP contribution is -2.35. The lowest BCUT2D eigenvalue weighted by molar-refractivity contribution is 0.0535. The number of carbonyl (C=O) groups excluding carboxylic acids is 1. The molecule has 2 aromatic rings. The molecule has 0 unspecified atom stereocenters. The van der Waals surface area contributed by atoms with Crippen molar-refractivity contribution in [2.45, 2.75) is 37.8 Å². The number of thioether (sulfide) groups is 1. The molecular weight excluding hydrogens is 382 g/mol. The fourth-order valence-electron chi connectivity index (χ4n) is 4.06. The van der Waals surface area contributed by atoms with Gasteiger partial charge in [0.2, 0.25) is 0 Å². The second-order valence-electron chi connectivity index (χ2n) is 7.79. The van der Waals surface area contributed by atoms with Gasteiger partial charge in [0, 0.05) is 24.1 Å². The molecule has 2 aliphatic rings. The number of hydrogen-bond acceptors (Lipinski definition) is 6. The predicted octanol–water partition coefficient (Wildman–Crippen LogP) is 3.98. The molecule has 150 valence electrons. The third-order valence-corrected chi connectivity index (χ3v) is 7.19. The monoisotopic (exact) mass is 407 g/mol. The highest BCUT2D eigenvalue weighted by atomic mass is 32.2. The van der Waals surface area contributed by atoms with Gasteiger partial charge in [0.05, 0.1) is 16.2 Å². The van der Waals surface area contributed by atoms with Gasteiger partial charge in [0.15, 0.2) is 0 Å². The first-order chi connectivity index (χ1) is 14.1. The fraction of sp³-hybridized carbons (Fsp3) is 0.435. The number of cyclic esters (lactones) is 1. The molecule has 0 saturated carbocycles. The van der Waals surface area contributed by atoms with Gasteiger partial charge in [-0.15, -0.1) is 11.8 Å².